The number of carbonyl (C=O) groups is 1. The summed E-state index contributed by atoms with van der Waals surface area (Å²) in [5, 5.41) is 16.8. The summed E-state index contributed by atoms with van der Waals surface area (Å²) in [6, 6.07) is 4.58. The smallest absolute Gasteiger partial charge is 0.395 e. The van der Waals surface area contributed by atoms with Gasteiger partial charge >= 0.3 is 5.88 Å². The average Bonchev–Trinajstić information content (AvgIpc) is 3.14. The van der Waals surface area contributed by atoms with Crippen molar-refractivity contribution in [1.29, 1.82) is 0 Å². The van der Waals surface area contributed by atoms with Crippen molar-refractivity contribution in [3.05, 3.63) is 40.3 Å². The largest absolute Gasteiger partial charge is 0.433 e. The molecule has 0 aliphatic heterocycles. The molecule has 10 nitrogen and oxygen atoms in total. The van der Waals surface area contributed by atoms with E-state index in [9.17, 15) is 14.9 Å². The molecule has 1 aliphatic rings. The molecule has 10 heteroatoms. The Bertz CT molecular complexity index is 813. The number of nitrogens with zero attached hydrogens (tertiary/aromatic N) is 4. The van der Waals surface area contributed by atoms with Gasteiger partial charge in [0.2, 0.25) is 5.95 Å². The number of nitrogens with one attached hydrogen (secondary N) is 2. The summed E-state index contributed by atoms with van der Waals surface area (Å²) < 4.78 is 4.94. The van der Waals surface area contributed by atoms with Crippen molar-refractivity contribution >= 4 is 23.6 Å². The molecule has 0 bridgehead atoms. The van der Waals surface area contributed by atoms with Crippen molar-refractivity contribution in [2.45, 2.75) is 37.8 Å². The van der Waals surface area contributed by atoms with E-state index >= 15 is 0 Å². The van der Waals surface area contributed by atoms with Crippen LogP contribution in [0.3, 0.4) is 0 Å². The highest BCUT2D eigenvalue weighted by atomic mass is 16.6. The molecule has 0 spiro atoms. The first-order valence-electron chi connectivity index (χ1n) is 8.74. The monoisotopic (exact) mass is 374 g/mol. The van der Waals surface area contributed by atoms with Crippen LogP contribution < -0.4 is 15.5 Å². The lowest BCUT2D eigenvalue weighted by atomic mass is 9.91. The van der Waals surface area contributed by atoms with Crippen molar-refractivity contribution in [3.8, 4) is 0 Å². The molecule has 0 atom stereocenters. The summed E-state index contributed by atoms with van der Waals surface area (Å²) in [5.74, 6) is 0.517. The quantitative estimate of drug-likeness (QED) is 0.582. The second-order valence-electron chi connectivity index (χ2n) is 6.69. The zero-order chi connectivity index (χ0) is 19.4. The number of furan rings is 1. The van der Waals surface area contributed by atoms with Crippen LogP contribution in [-0.2, 0) is 0 Å². The Morgan fingerprint density at radius 3 is 2.56 bits per heavy atom. The Kier molecular flexibility index (Phi) is 5.53. The zero-order valence-electron chi connectivity index (χ0n) is 15.2. The molecule has 2 heterocycles. The van der Waals surface area contributed by atoms with Crippen LogP contribution in [0.5, 0.6) is 0 Å². The second kappa shape index (κ2) is 8.02. The number of hydrogen-bond donors (Lipinski definition) is 2. The van der Waals surface area contributed by atoms with Crippen LogP contribution in [0.4, 0.5) is 17.7 Å². The lowest BCUT2D eigenvalue weighted by Gasteiger charge is -2.29. The van der Waals surface area contributed by atoms with Gasteiger partial charge in [0.1, 0.15) is 10.7 Å². The van der Waals surface area contributed by atoms with Crippen molar-refractivity contribution in [2.24, 2.45) is 0 Å². The molecule has 2 N–H and O–H groups in total. The van der Waals surface area contributed by atoms with E-state index < -0.39 is 16.7 Å². The number of hydrogen-bond acceptors (Lipinski definition) is 8. The highest BCUT2D eigenvalue weighted by Gasteiger charge is 2.25. The fraction of sp³-hybridized carbons (Fsp3) is 0.471. The van der Waals surface area contributed by atoms with Crippen LogP contribution in [0, 0.1) is 10.1 Å². The third kappa shape index (κ3) is 4.72. The molecule has 0 radical (unpaired) electrons. The van der Waals surface area contributed by atoms with Crippen molar-refractivity contribution < 1.29 is 14.1 Å². The Labute approximate surface area is 156 Å². The van der Waals surface area contributed by atoms with Gasteiger partial charge in [0.05, 0.1) is 6.07 Å². The van der Waals surface area contributed by atoms with Gasteiger partial charge in [-0.1, -0.05) is 0 Å². The molecule has 144 valence electrons. The van der Waals surface area contributed by atoms with Gasteiger partial charge in [0.25, 0.3) is 5.91 Å². The predicted molar refractivity (Wildman–Crippen MR) is 98.9 cm³/mol. The lowest BCUT2D eigenvalue weighted by Crippen LogP contribution is -2.40. The number of carbonyl (C=O) groups excluding carboxylic acids is 1. The van der Waals surface area contributed by atoms with E-state index in [2.05, 4.69) is 20.6 Å². The number of nitro groups is 1. The molecule has 2 aromatic rings. The topological polar surface area (TPSA) is 126 Å². The molecular weight excluding hydrogens is 352 g/mol. The molecule has 3 rings (SSSR count). The molecule has 1 aliphatic carbocycles. The summed E-state index contributed by atoms with van der Waals surface area (Å²) in [6.45, 7) is 0. The summed E-state index contributed by atoms with van der Waals surface area (Å²) in [7, 11) is 3.85. The first-order chi connectivity index (χ1) is 12.9. The van der Waals surface area contributed by atoms with Gasteiger partial charge < -0.3 is 20.0 Å². The van der Waals surface area contributed by atoms with E-state index in [1.54, 1.807) is 6.20 Å². The maximum absolute atomic E-state index is 12.2. The van der Waals surface area contributed by atoms with E-state index in [0.29, 0.717) is 5.95 Å². The van der Waals surface area contributed by atoms with Gasteiger partial charge in [0.15, 0.2) is 5.76 Å². The average molecular weight is 374 g/mol. The minimum atomic E-state index is -0.666. The summed E-state index contributed by atoms with van der Waals surface area (Å²) in [4.78, 5) is 32.7. The Morgan fingerprint density at radius 2 is 1.93 bits per heavy atom. The molecule has 0 unspecified atom stereocenters. The van der Waals surface area contributed by atoms with Crippen LogP contribution in [0.2, 0.25) is 0 Å². The maximum Gasteiger partial charge on any atom is 0.433 e. The highest BCUT2D eigenvalue weighted by Crippen LogP contribution is 2.23. The molecule has 0 saturated heterocycles. The maximum atomic E-state index is 12.2. The zero-order valence-corrected chi connectivity index (χ0v) is 15.2. The van der Waals surface area contributed by atoms with Crippen molar-refractivity contribution in [1.82, 2.24) is 15.3 Å². The predicted octanol–water partition coefficient (Wildman–Crippen LogP) is 2.20. The number of amides is 1. The second-order valence-corrected chi connectivity index (χ2v) is 6.69. The van der Waals surface area contributed by atoms with Gasteiger partial charge in [-0.3, -0.25) is 14.9 Å². The SMILES string of the molecule is CN(C)c1ccnc(NC2CCC(NC(=O)c3ccc([N+](=O)[O-])o3)CC2)n1. The standard InChI is InChI=1S/C17H22N6O4/c1-22(2)14-9-10-18-17(21-14)20-12-5-3-11(4-6-12)19-16(24)13-7-8-15(27-13)23(25)26/h7-12H,3-6H2,1-2H3,(H,19,24)(H,18,20,21). The minimum absolute atomic E-state index is 0.00809. The number of anilines is 2. The van der Waals surface area contributed by atoms with Crippen LogP contribution >= 0.6 is 0 Å². The van der Waals surface area contributed by atoms with Gasteiger partial charge in [-0.25, -0.2) is 4.98 Å². The molecule has 2 aromatic heterocycles. The molecule has 27 heavy (non-hydrogen) atoms. The van der Waals surface area contributed by atoms with Gasteiger partial charge in [-0.05, 0) is 37.8 Å². The van der Waals surface area contributed by atoms with E-state index in [4.69, 9.17) is 4.42 Å². The van der Waals surface area contributed by atoms with Crippen molar-refractivity contribution in [3.63, 3.8) is 0 Å². The van der Waals surface area contributed by atoms with Crippen LogP contribution in [-0.4, -0.2) is 47.0 Å². The fourth-order valence-corrected chi connectivity index (χ4v) is 3.04. The van der Waals surface area contributed by atoms with Crippen LogP contribution in [0.25, 0.3) is 0 Å². The fourth-order valence-electron chi connectivity index (χ4n) is 3.04. The van der Waals surface area contributed by atoms with Gasteiger partial charge in [0, 0.05) is 32.4 Å². The normalized spacial score (nSPS) is 19.3. The first-order valence-corrected chi connectivity index (χ1v) is 8.74. The molecule has 1 saturated carbocycles. The summed E-state index contributed by atoms with van der Waals surface area (Å²) >= 11 is 0. The Morgan fingerprint density at radius 1 is 1.22 bits per heavy atom. The van der Waals surface area contributed by atoms with Gasteiger partial charge in [-0.2, -0.15) is 4.98 Å². The molecular formula is C17H22N6O4. The van der Waals surface area contributed by atoms with Crippen LogP contribution in [0.15, 0.2) is 28.8 Å². The molecule has 1 amide bonds. The van der Waals surface area contributed by atoms with E-state index in [-0.39, 0.29) is 17.8 Å². The number of aromatic nitrogens is 2. The number of rotatable bonds is 6. The van der Waals surface area contributed by atoms with Gasteiger partial charge in [-0.15, -0.1) is 0 Å². The van der Waals surface area contributed by atoms with E-state index in [1.165, 1.54) is 12.1 Å². The lowest BCUT2D eigenvalue weighted by molar-refractivity contribution is -0.402. The summed E-state index contributed by atoms with van der Waals surface area (Å²) in [6.07, 6.45) is 5.02. The molecule has 0 aromatic carbocycles. The minimum Gasteiger partial charge on any atom is -0.395 e. The third-order valence-electron chi connectivity index (χ3n) is 4.49. The highest BCUT2D eigenvalue weighted by molar-refractivity contribution is 5.91. The Hall–Kier alpha value is -3.17. The first kappa shape index (κ1) is 18.6. The van der Waals surface area contributed by atoms with E-state index in [1.807, 2.05) is 25.1 Å². The van der Waals surface area contributed by atoms with E-state index in [0.717, 1.165) is 31.5 Å². The third-order valence-corrected chi connectivity index (χ3v) is 4.49. The van der Waals surface area contributed by atoms with Crippen molar-refractivity contribution in [2.75, 3.05) is 24.3 Å². The summed E-state index contributed by atoms with van der Waals surface area (Å²) in [5.41, 5.74) is 0. The molecule has 1 fully saturated rings. The van der Waals surface area contributed by atoms with Crippen LogP contribution in [0.1, 0.15) is 36.2 Å². The Balaban J connectivity index is 1.49.